The molecule has 0 atom stereocenters. The van der Waals surface area contributed by atoms with Crippen LogP contribution in [0.3, 0.4) is 0 Å². The van der Waals surface area contributed by atoms with E-state index in [1.54, 1.807) is 4.68 Å². The summed E-state index contributed by atoms with van der Waals surface area (Å²) in [6.07, 6.45) is 6.53. The lowest BCUT2D eigenvalue weighted by Gasteiger charge is -2.06. The molecule has 1 rings (SSSR count). The SMILES string of the molecule is CCCCc1nn(C(C)C)c(O)c1CCCC. The van der Waals surface area contributed by atoms with Crippen molar-refractivity contribution in [1.29, 1.82) is 0 Å². The molecule has 1 aromatic heterocycles. The number of rotatable bonds is 7. The van der Waals surface area contributed by atoms with Crippen LogP contribution in [0.4, 0.5) is 0 Å². The predicted octanol–water partition coefficient (Wildman–Crippen LogP) is 3.85. The van der Waals surface area contributed by atoms with Crippen molar-refractivity contribution in [3.8, 4) is 5.88 Å². The molecule has 17 heavy (non-hydrogen) atoms. The van der Waals surface area contributed by atoms with Gasteiger partial charge in [-0.3, -0.25) is 0 Å². The molecule has 0 spiro atoms. The molecule has 0 fully saturated rings. The average molecular weight is 238 g/mol. The van der Waals surface area contributed by atoms with Crippen molar-refractivity contribution in [2.45, 2.75) is 72.3 Å². The summed E-state index contributed by atoms with van der Waals surface area (Å²) in [6.45, 7) is 8.47. The van der Waals surface area contributed by atoms with Gasteiger partial charge in [0, 0.05) is 5.56 Å². The van der Waals surface area contributed by atoms with Crippen molar-refractivity contribution in [1.82, 2.24) is 9.78 Å². The fourth-order valence-electron chi connectivity index (χ4n) is 2.02. The fraction of sp³-hybridized carbons (Fsp3) is 0.786. The Bertz CT molecular complexity index is 342. The summed E-state index contributed by atoms with van der Waals surface area (Å²) in [5, 5.41) is 14.8. The molecule has 0 unspecified atom stereocenters. The first kappa shape index (κ1) is 14.1. The van der Waals surface area contributed by atoms with Gasteiger partial charge in [0.05, 0.1) is 11.7 Å². The normalized spacial score (nSPS) is 11.4. The second-order valence-electron chi connectivity index (χ2n) is 4.99. The van der Waals surface area contributed by atoms with E-state index in [9.17, 15) is 5.11 Å². The van der Waals surface area contributed by atoms with Crippen LogP contribution >= 0.6 is 0 Å². The Morgan fingerprint density at radius 2 is 1.71 bits per heavy atom. The number of hydrogen-bond acceptors (Lipinski definition) is 2. The molecule has 1 N–H and O–H groups in total. The zero-order valence-corrected chi connectivity index (χ0v) is 11.7. The molecule has 0 aromatic carbocycles. The van der Waals surface area contributed by atoms with Crippen molar-refractivity contribution in [2.24, 2.45) is 0 Å². The van der Waals surface area contributed by atoms with E-state index < -0.39 is 0 Å². The van der Waals surface area contributed by atoms with Crippen LogP contribution < -0.4 is 0 Å². The smallest absolute Gasteiger partial charge is 0.213 e. The van der Waals surface area contributed by atoms with Gasteiger partial charge in [-0.25, -0.2) is 4.68 Å². The topological polar surface area (TPSA) is 38.0 Å². The molecule has 1 aromatic rings. The molecule has 0 aliphatic rings. The van der Waals surface area contributed by atoms with Gasteiger partial charge in [0.15, 0.2) is 0 Å². The number of nitrogens with zero attached hydrogens (tertiary/aromatic N) is 2. The lowest BCUT2D eigenvalue weighted by Crippen LogP contribution is -2.02. The third-order valence-corrected chi connectivity index (χ3v) is 3.10. The molecule has 0 saturated carbocycles. The van der Waals surface area contributed by atoms with Gasteiger partial charge in [0.1, 0.15) is 0 Å². The molecular formula is C14H26N2O. The summed E-state index contributed by atoms with van der Waals surface area (Å²) >= 11 is 0. The van der Waals surface area contributed by atoms with Crippen LogP contribution in [0.15, 0.2) is 0 Å². The van der Waals surface area contributed by atoms with Crippen LogP contribution in [0, 0.1) is 0 Å². The Balaban J connectivity index is 2.94. The highest BCUT2D eigenvalue weighted by atomic mass is 16.3. The summed E-state index contributed by atoms with van der Waals surface area (Å²) < 4.78 is 1.76. The van der Waals surface area contributed by atoms with E-state index >= 15 is 0 Å². The third-order valence-electron chi connectivity index (χ3n) is 3.10. The molecule has 0 aliphatic heterocycles. The first-order valence-corrected chi connectivity index (χ1v) is 6.91. The Morgan fingerprint density at radius 1 is 1.12 bits per heavy atom. The third kappa shape index (κ3) is 3.48. The molecule has 0 amide bonds. The molecular weight excluding hydrogens is 212 g/mol. The molecule has 0 radical (unpaired) electrons. The lowest BCUT2D eigenvalue weighted by molar-refractivity contribution is 0.373. The summed E-state index contributed by atoms with van der Waals surface area (Å²) in [7, 11) is 0. The van der Waals surface area contributed by atoms with Crippen molar-refractivity contribution in [3.05, 3.63) is 11.3 Å². The standard InChI is InChI=1S/C14H26N2O/c1-5-7-9-12-13(10-8-6-2)15-16(11(3)4)14(12)17/h11,17H,5-10H2,1-4H3. The lowest BCUT2D eigenvalue weighted by atomic mass is 10.1. The first-order chi connectivity index (χ1) is 8.11. The maximum atomic E-state index is 10.2. The summed E-state index contributed by atoms with van der Waals surface area (Å²) in [4.78, 5) is 0. The second kappa shape index (κ2) is 6.67. The van der Waals surface area contributed by atoms with Crippen LogP contribution in [0.25, 0.3) is 0 Å². The van der Waals surface area contributed by atoms with Crippen molar-refractivity contribution < 1.29 is 5.11 Å². The number of aryl methyl sites for hydroxylation is 1. The Kier molecular flexibility index (Phi) is 5.52. The van der Waals surface area contributed by atoms with Crippen molar-refractivity contribution >= 4 is 0 Å². The van der Waals surface area contributed by atoms with Gasteiger partial charge in [0.2, 0.25) is 5.88 Å². The van der Waals surface area contributed by atoms with Gasteiger partial charge in [-0.15, -0.1) is 0 Å². The zero-order valence-electron chi connectivity index (χ0n) is 11.7. The average Bonchev–Trinajstić information content (AvgIpc) is 2.61. The molecule has 0 aliphatic carbocycles. The number of aromatic hydroxyl groups is 1. The maximum absolute atomic E-state index is 10.2. The van der Waals surface area contributed by atoms with Gasteiger partial charge in [-0.05, 0) is 39.5 Å². The van der Waals surface area contributed by atoms with Crippen LogP contribution in [0.5, 0.6) is 5.88 Å². The molecule has 0 saturated heterocycles. The van der Waals surface area contributed by atoms with E-state index in [-0.39, 0.29) is 6.04 Å². The second-order valence-corrected chi connectivity index (χ2v) is 4.99. The predicted molar refractivity (Wildman–Crippen MR) is 71.5 cm³/mol. The number of aromatic nitrogens is 2. The van der Waals surface area contributed by atoms with E-state index in [2.05, 4.69) is 32.8 Å². The highest BCUT2D eigenvalue weighted by Gasteiger charge is 2.17. The van der Waals surface area contributed by atoms with E-state index in [1.807, 2.05) is 0 Å². The van der Waals surface area contributed by atoms with Gasteiger partial charge in [-0.2, -0.15) is 5.10 Å². The summed E-state index contributed by atoms with van der Waals surface area (Å²) in [6, 6.07) is 0.228. The van der Waals surface area contributed by atoms with Crippen LogP contribution in [0.2, 0.25) is 0 Å². The fourth-order valence-corrected chi connectivity index (χ4v) is 2.02. The van der Waals surface area contributed by atoms with Gasteiger partial charge < -0.3 is 5.11 Å². The van der Waals surface area contributed by atoms with Gasteiger partial charge in [0.25, 0.3) is 0 Å². The number of unbranched alkanes of at least 4 members (excludes halogenated alkanes) is 2. The van der Waals surface area contributed by atoms with Crippen molar-refractivity contribution in [2.75, 3.05) is 0 Å². The minimum atomic E-state index is 0.228. The molecule has 3 nitrogen and oxygen atoms in total. The summed E-state index contributed by atoms with van der Waals surface area (Å²) in [5.74, 6) is 0.388. The highest BCUT2D eigenvalue weighted by molar-refractivity contribution is 5.31. The van der Waals surface area contributed by atoms with Gasteiger partial charge in [-0.1, -0.05) is 26.7 Å². The molecule has 0 bridgehead atoms. The largest absolute Gasteiger partial charge is 0.493 e. The molecule has 3 heteroatoms. The monoisotopic (exact) mass is 238 g/mol. The van der Waals surface area contributed by atoms with Crippen molar-refractivity contribution in [3.63, 3.8) is 0 Å². The summed E-state index contributed by atoms with van der Waals surface area (Å²) in [5.41, 5.74) is 2.18. The number of hydrogen-bond donors (Lipinski definition) is 1. The highest BCUT2D eigenvalue weighted by Crippen LogP contribution is 2.27. The van der Waals surface area contributed by atoms with E-state index in [1.165, 1.54) is 6.42 Å². The molecule has 98 valence electrons. The quantitative estimate of drug-likeness (QED) is 0.783. The van der Waals surface area contributed by atoms with Crippen LogP contribution in [0.1, 0.15) is 70.7 Å². The van der Waals surface area contributed by atoms with E-state index in [0.29, 0.717) is 5.88 Å². The van der Waals surface area contributed by atoms with E-state index in [0.717, 1.165) is 43.4 Å². The Morgan fingerprint density at radius 3 is 2.24 bits per heavy atom. The first-order valence-electron chi connectivity index (χ1n) is 6.91. The minimum Gasteiger partial charge on any atom is -0.493 e. The van der Waals surface area contributed by atoms with Crippen LogP contribution in [-0.2, 0) is 12.8 Å². The zero-order chi connectivity index (χ0) is 12.8. The Hall–Kier alpha value is -0.990. The molecule has 1 heterocycles. The maximum Gasteiger partial charge on any atom is 0.213 e. The Labute approximate surface area is 105 Å². The van der Waals surface area contributed by atoms with E-state index in [4.69, 9.17) is 0 Å². The minimum absolute atomic E-state index is 0.228. The van der Waals surface area contributed by atoms with Crippen LogP contribution in [-0.4, -0.2) is 14.9 Å². The van der Waals surface area contributed by atoms with Gasteiger partial charge >= 0.3 is 0 Å².